The van der Waals surface area contributed by atoms with Crippen LogP contribution in [0.5, 0.6) is 0 Å². The number of aromatic nitrogens is 4. The van der Waals surface area contributed by atoms with Gasteiger partial charge in [0.2, 0.25) is 0 Å². The van der Waals surface area contributed by atoms with Crippen LogP contribution in [0.15, 0.2) is 0 Å². The van der Waals surface area contributed by atoms with E-state index < -0.39 is 5.97 Å². The number of rotatable bonds is 1. The SMILES string of the molecule is Cc1nc2c([nH]1)CNc1c-2n[nH]c1C(=O)O. The fourth-order valence-corrected chi connectivity index (χ4v) is 1.88. The Kier molecular flexibility index (Phi) is 1.59. The summed E-state index contributed by atoms with van der Waals surface area (Å²) in [6.07, 6.45) is 0. The first-order valence-corrected chi connectivity index (χ1v) is 4.78. The molecule has 0 amide bonds. The molecule has 0 bridgehead atoms. The maximum absolute atomic E-state index is 10.9. The number of fused-ring (bicyclic) bond motifs is 3. The molecule has 2 aromatic rings. The van der Waals surface area contributed by atoms with E-state index in [-0.39, 0.29) is 5.69 Å². The van der Waals surface area contributed by atoms with Crippen LogP contribution in [0.3, 0.4) is 0 Å². The highest BCUT2D eigenvalue weighted by Crippen LogP contribution is 2.34. The van der Waals surface area contributed by atoms with Gasteiger partial charge in [-0.1, -0.05) is 0 Å². The summed E-state index contributed by atoms with van der Waals surface area (Å²) in [7, 11) is 0. The van der Waals surface area contributed by atoms with Gasteiger partial charge in [0, 0.05) is 0 Å². The van der Waals surface area contributed by atoms with E-state index in [1.54, 1.807) is 0 Å². The predicted molar refractivity (Wildman–Crippen MR) is 55.2 cm³/mol. The first kappa shape index (κ1) is 8.96. The van der Waals surface area contributed by atoms with Crippen LogP contribution in [0.4, 0.5) is 5.69 Å². The van der Waals surface area contributed by atoms with Crippen molar-refractivity contribution in [1.29, 1.82) is 0 Å². The Hall–Kier alpha value is -2.31. The molecular formula is C9H9N5O2. The number of hydrogen-bond acceptors (Lipinski definition) is 4. The number of aromatic amines is 2. The largest absolute Gasteiger partial charge is 0.476 e. The molecule has 0 aromatic carbocycles. The predicted octanol–water partition coefficient (Wildman–Crippen LogP) is 0.732. The summed E-state index contributed by atoms with van der Waals surface area (Å²) in [5.41, 5.74) is 2.78. The van der Waals surface area contributed by atoms with Gasteiger partial charge in [-0.3, -0.25) is 5.10 Å². The number of anilines is 1. The summed E-state index contributed by atoms with van der Waals surface area (Å²) in [5, 5.41) is 18.4. The summed E-state index contributed by atoms with van der Waals surface area (Å²) in [6, 6.07) is 0. The zero-order chi connectivity index (χ0) is 11.3. The molecule has 0 radical (unpaired) electrons. The lowest BCUT2D eigenvalue weighted by Crippen LogP contribution is -2.10. The van der Waals surface area contributed by atoms with Crippen molar-refractivity contribution < 1.29 is 9.90 Å². The molecule has 3 rings (SSSR count). The van der Waals surface area contributed by atoms with Gasteiger partial charge in [0.15, 0.2) is 5.69 Å². The van der Waals surface area contributed by atoms with E-state index in [0.717, 1.165) is 17.2 Å². The Morgan fingerprint density at radius 1 is 1.44 bits per heavy atom. The molecule has 0 atom stereocenters. The Morgan fingerprint density at radius 2 is 2.25 bits per heavy atom. The van der Waals surface area contributed by atoms with Crippen molar-refractivity contribution >= 4 is 11.7 Å². The lowest BCUT2D eigenvalue weighted by atomic mass is 10.1. The molecule has 1 aliphatic rings. The number of aromatic carboxylic acids is 1. The molecular weight excluding hydrogens is 210 g/mol. The molecule has 7 nitrogen and oxygen atoms in total. The number of hydrogen-bond donors (Lipinski definition) is 4. The third kappa shape index (κ3) is 1.05. The highest BCUT2D eigenvalue weighted by molar-refractivity contribution is 5.97. The highest BCUT2D eigenvalue weighted by atomic mass is 16.4. The van der Waals surface area contributed by atoms with Gasteiger partial charge in [-0.05, 0) is 6.92 Å². The molecule has 3 heterocycles. The zero-order valence-corrected chi connectivity index (χ0v) is 8.46. The van der Waals surface area contributed by atoms with Crippen molar-refractivity contribution in [3.63, 3.8) is 0 Å². The summed E-state index contributed by atoms with van der Waals surface area (Å²) in [6.45, 7) is 2.38. The molecule has 16 heavy (non-hydrogen) atoms. The van der Waals surface area contributed by atoms with E-state index in [1.165, 1.54) is 0 Å². The Bertz CT molecular complexity index is 583. The van der Waals surface area contributed by atoms with Crippen molar-refractivity contribution in [2.45, 2.75) is 13.5 Å². The average Bonchev–Trinajstić information content (AvgIpc) is 2.77. The molecule has 0 saturated carbocycles. The first-order valence-electron chi connectivity index (χ1n) is 4.78. The number of carboxylic acid groups (broad SMARTS) is 1. The van der Waals surface area contributed by atoms with Crippen LogP contribution in [-0.4, -0.2) is 31.2 Å². The van der Waals surface area contributed by atoms with E-state index in [2.05, 4.69) is 25.5 Å². The van der Waals surface area contributed by atoms with Crippen molar-refractivity contribution in [3.8, 4) is 11.4 Å². The molecule has 1 aliphatic heterocycles. The van der Waals surface area contributed by atoms with Crippen LogP contribution in [0.25, 0.3) is 11.4 Å². The van der Waals surface area contributed by atoms with Crippen molar-refractivity contribution in [2.24, 2.45) is 0 Å². The zero-order valence-electron chi connectivity index (χ0n) is 8.46. The van der Waals surface area contributed by atoms with Crippen LogP contribution in [0.2, 0.25) is 0 Å². The second kappa shape index (κ2) is 2.84. The maximum atomic E-state index is 10.9. The van der Waals surface area contributed by atoms with E-state index >= 15 is 0 Å². The Morgan fingerprint density at radius 3 is 3.00 bits per heavy atom. The summed E-state index contributed by atoms with van der Waals surface area (Å²) in [4.78, 5) is 18.3. The molecule has 7 heteroatoms. The summed E-state index contributed by atoms with van der Waals surface area (Å²) < 4.78 is 0. The average molecular weight is 219 g/mol. The third-order valence-corrected chi connectivity index (χ3v) is 2.54. The molecule has 0 unspecified atom stereocenters. The van der Waals surface area contributed by atoms with Crippen LogP contribution in [-0.2, 0) is 6.54 Å². The highest BCUT2D eigenvalue weighted by Gasteiger charge is 2.27. The number of carboxylic acids is 1. The molecule has 0 spiro atoms. The number of H-pyrrole nitrogens is 2. The van der Waals surface area contributed by atoms with E-state index in [0.29, 0.717) is 17.9 Å². The van der Waals surface area contributed by atoms with Gasteiger partial charge in [0.25, 0.3) is 0 Å². The van der Waals surface area contributed by atoms with E-state index in [9.17, 15) is 4.79 Å². The third-order valence-electron chi connectivity index (χ3n) is 2.54. The van der Waals surface area contributed by atoms with Gasteiger partial charge in [-0.15, -0.1) is 0 Å². The fourth-order valence-electron chi connectivity index (χ4n) is 1.88. The van der Waals surface area contributed by atoms with Gasteiger partial charge in [0.05, 0.1) is 17.9 Å². The number of imidazole rings is 1. The van der Waals surface area contributed by atoms with E-state index in [1.807, 2.05) is 6.92 Å². The van der Waals surface area contributed by atoms with Crippen molar-refractivity contribution in [1.82, 2.24) is 20.2 Å². The molecule has 0 aliphatic carbocycles. The van der Waals surface area contributed by atoms with Crippen molar-refractivity contribution in [3.05, 3.63) is 17.2 Å². The molecule has 4 N–H and O–H groups in total. The lowest BCUT2D eigenvalue weighted by molar-refractivity contribution is 0.0691. The second-order valence-electron chi connectivity index (χ2n) is 3.63. The van der Waals surface area contributed by atoms with Crippen LogP contribution in [0.1, 0.15) is 22.0 Å². The van der Waals surface area contributed by atoms with Gasteiger partial charge >= 0.3 is 5.97 Å². The minimum Gasteiger partial charge on any atom is -0.476 e. The monoisotopic (exact) mass is 219 g/mol. The molecule has 82 valence electrons. The van der Waals surface area contributed by atoms with E-state index in [4.69, 9.17) is 5.11 Å². The van der Waals surface area contributed by atoms with Gasteiger partial charge in [0.1, 0.15) is 17.2 Å². The summed E-state index contributed by atoms with van der Waals surface area (Å²) >= 11 is 0. The molecule has 0 fully saturated rings. The quantitative estimate of drug-likeness (QED) is 0.565. The van der Waals surface area contributed by atoms with Crippen LogP contribution < -0.4 is 5.32 Å². The topological polar surface area (TPSA) is 107 Å². The smallest absolute Gasteiger partial charge is 0.356 e. The fraction of sp³-hybridized carbons (Fsp3) is 0.222. The summed E-state index contributed by atoms with van der Waals surface area (Å²) in [5.74, 6) is -0.239. The number of carbonyl (C=O) groups is 1. The first-order chi connectivity index (χ1) is 7.66. The number of nitrogens with zero attached hydrogens (tertiary/aromatic N) is 2. The second-order valence-corrected chi connectivity index (χ2v) is 3.63. The normalized spacial score (nSPS) is 12.8. The minimum atomic E-state index is -1.03. The standard InChI is InChI=1S/C9H9N5O2/c1-3-11-4-2-10-6-7(5(4)12-3)13-14-8(6)9(15)16/h10H,2H2,1H3,(H,11,12)(H,13,14)(H,15,16). The van der Waals surface area contributed by atoms with Gasteiger partial charge in [-0.25, -0.2) is 9.78 Å². The molecule has 2 aromatic heterocycles. The number of nitrogens with one attached hydrogen (secondary N) is 3. The Labute approximate surface area is 89.9 Å². The van der Waals surface area contributed by atoms with Gasteiger partial charge < -0.3 is 15.4 Å². The van der Waals surface area contributed by atoms with Crippen molar-refractivity contribution in [2.75, 3.05) is 5.32 Å². The van der Waals surface area contributed by atoms with Crippen LogP contribution >= 0.6 is 0 Å². The van der Waals surface area contributed by atoms with Crippen LogP contribution in [0, 0.1) is 6.92 Å². The molecule has 0 saturated heterocycles. The minimum absolute atomic E-state index is 0.0707. The maximum Gasteiger partial charge on any atom is 0.356 e. The van der Waals surface area contributed by atoms with Gasteiger partial charge in [-0.2, -0.15) is 5.10 Å². The lowest BCUT2D eigenvalue weighted by Gasteiger charge is -2.12. The number of aryl methyl sites for hydroxylation is 1. The Balaban J connectivity index is 2.22.